The second-order valence-corrected chi connectivity index (χ2v) is 11.7. The number of pyridine rings is 1. The number of aliphatic carboxylic acids is 1. The van der Waals surface area contributed by atoms with E-state index in [4.69, 9.17) is 0 Å². The zero-order valence-corrected chi connectivity index (χ0v) is 21.3. The van der Waals surface area contributed by atoms with E-state index in [0.717, 1.165) is 37.9 Å². The third-order valence-electron chi connectivity index (χ3n) is 7.57. The van der Waals surface area contributed by atoms with E-state index >= 15 is 0 Å². The van der Waals surface area contributed by atoms with Crippen molar-refractivity contribution in [3.63, 3.8) is 0 Å². The molecule has 1 aromatic heterocycles. The molecule has 2 heterocycles. The molecule has 1 saturated carbocycles. The van der Waals surface area contributed by atoms with Crippen molar-refractivity contribution in [1.29, 1.82) is 0 Å². The maximum absolute atomic E-state index is 11.7. The summed E-state index contributed by atoms with van der Waals surface area (Å²) >= 11 is 0. The molecule has 0 bridgehead atoms. The average Bonchev–Trinajstić information content (AvgIpc) is 2.99. The minimum atomic E-state index is -4.26. The van der Waals surface area contributed by atoms with Crippen LogP contribution in [-0.2, 0) is 21.5 Å². The third kappa shape index (κ3) is 6.27. The molecule has 7 nitrogen and oxygen atoms in total. The summed E-state index contributed by atoms with van der Waals surface area (Å²) in [7, 11) is -4.26. The SMILES string of the molecule is CCN1/C(=C/C=C/c2cc[n+](CCCCCC(=O)[O-])cc2)C(C)(C)C2CC(S(=O)(=O)[O-])CCC21. The summed E-state index contributed by atoms with van der Waals surface area (Å²) in [4.78, 5) is 12.9. The largest absolute Gasteiger partial charge is 0.748 e. The zero-order chi connectivity index (χ0) is 24.9. The van der Waals surface area contributed by atoms with Gasteiger partial charge in [0.05, 0.1) is 10.1 Å². The van der Waals surface area contributed by atoms with E-state index in [1.165, 1.54) is 5.70 Å². The lowest BCUT2D eigenvalue weighted by Gasteiger charge is -2.38. The summed E-state index contributed by atoms with van der Waals surface area (Å²) in [5, 5.41) is 9.69. The van der Waals surface area contributed by atoms with Crippen molar-refractivity contribution in [2.24, 2.45) is 11.3 Å². The highest BCUT2D eigenvalue weighted by Gasteiger charge is 2.52. The molecule has 0 amide bonds. The average molecular weight is 490 g/mol. The Morgan fingerprint density at radius 1 is 1.21 bits per heavy atom. The van der Waals surface area contributed by atoms with Gasteiger partial charge in [0, 0.05) is 53.5 Å². The standard InChI is InChI=1S/C26H38N2O5S/c1-4-28-23-13-12-21(34(31,32)33)19-22(23)26(2,3)24(28)10-8-9-20-14-17-27(18-15-20)16-7-5-6-11-25(29)30/h8-10,14-15,17-18,21-23H,4-7,11-13,16,19H2,1-3H3,(H-,29,30,31,32,33)/p-1. The maximum Gasteiger partial charge on any atom is 0.169 e. The van der Waals surface area contributed by atoms with Crippen molar-refractivity contribution in [3.05, 3.63) is 47.9 Å². The van der Waals surface area contributed by atoms with E-state index in [1.54, 1.807) is 0 Å². The van der Waals surface area contributed by atoms with Crippen LogP contribution >= 0.6 is 0 Å². The van der Waals surface area contributed by atoms with Crippen LogP contribution in [0.4, 0.5) is 0 Å². The van der Waals surface area contributed by atoms with Crippen molar-refractivity contribution < 1.29 is 27.4 Å². The highest BCUT2D eigenvalue weighted by molar-refractivity contribution is 7.86. The molecule has 34 heavy (non-hydrogen) atoms. The lowest BCUT2D eigenvalue weighted by molar-refractivity contribution is -0.697. The van der Waals surface area contributed by atoms with Crippen LogP contribution in [0, 0.1) is 11.3 Å². The Morgan fingerprint density at radius 3 is 2.53 bits per heavy atom. The van der Waals surface area contributed by atoms with E-state index in [0.29, 0.717) is 19.3 Å². The van der Waals surface area contributed by atoms with Crippen LogP contribution in [0.5, 0.6) is 0 Å². The van der Waals surface area contributed by atoms with Crippen molar-refractivity contribution in [2.45, 2.75) is 83.6 Å². The molecule has 3 atom stereocenters. The number of fused-ring (bicyclic) bond motifs is 1. The van der Waals surface area contributed by atoms with Gasteiger partial charge in [-0.05, 0) is 63.0 Å². The van der Waals surface area contributed by atoms with Crippen LogP contribution in [0.2, 0.25) is 0 Å². The molecule has 3 rings (SSSR count). The fourth-order valence-electron chi connectivity index (χ4n) is 5.70. The topological polar surface area (TPSA) is 104 Å². The monoisotopic (exact) mass is 489 g/mol. The van der Waals surface area contributed by atoms with E-state index in [-0.39, 0.29) is 23.8 Å². The molecule has 1 aromatic rings. The summed E-state index contributed by atoms with van der Waals surface area (Å²) in [6, 6.07) is 4.38. The number of hydrogen-bond acceptors (Lipinski definition) is 6. The number of carboxylic acids is 1. The molecule has 0 N–H and O–H groups in total. The van der Waals surface area contributed by atoms with E-state index < -0.39 is 21.3 Å². The van der Waals surface area contributed by atoms with Crippen molar-refractivity contribution >= 4 is 22.2 Å². The minimum absolute atomic E-state index is 0.121. The molecular formula is C26H37N2O5S-. The predicted molar refractivity (Wildman–Crippen MR) is 128 cm³/mol. The Hall–Kier alpha value is -2.19. The summed E-state index contributed by atoms with van der Waals surface area (Å²) in [6.45, 7) is 8.16. The number of hydrogen-bond donors (Lipinski definition) is 0. The molecule has 1 saturated heterocycles. The number of aryl methyl sites for hydroxylation is 1. The van der Waals surface area contributed by atoms with E-state index in [1.807, 2.05) is 12.4 Å². The molecule has 1 aliphatic carbocycles. The number of rotatable bonds is 10. The van der Waals surface area contributed by atoms with Crippen molar-refractivity contribution in [3.8, 4) is 0 Å². The van der Waals surface area contributed by atoms with Crippen LogP contribution in [-0.4, -0.2) is 41.7 Å². The molecule has 1 aliphatic heterocycles. The number of carbonyl (C=O) groups excluding carboxylic acids is 1. The molecule has 0 radical (unpaired) electrons. The summed E-state index contributed by atoms with van der Waals surface area (Å²) < 4.78 is 37.1. The third-order valence-corrected chi connectivity index (χ3v) is 8.81. The highest BCUT2D eigenvalue weighted by atomic mass is 32.2. The van der Waals surface area contributed by atoms with E-state index in [2.05, 4.69) is 60.6 Å². The maximum atomic E-state index is 11.7. The summed E-state index contributed by atoms with van der Waals surface area (Å²) in [5.41, 5.74) is 2.08. The van der Waals surface area contributed by atoms with Gasteiger partial charge < -0.3 is 19.4 Å². The quantitative estimate of drug-likeness (QED) is 0.284. The van der Waals surface area contributed by atoms with Gasteiger partial charge in [-0.25, -0.2) is 13.0 Å². The molecule has 3 unspecified atom stereocenters. The van der Waals surface area contributed by atoms with Crippen LogP contribution < -0.4 is 9.67 Å². The molecule has 0 spiro atoms. The van der Waals surface area contributed by atoms with Gasteiger partial charge >= 0.3 is 0 Å². The predicted octanol–water partition coefficient (Wildman–Crippen LogP) is 2.63. The minimum Gasteiger partial charge on any atom is -0.748 e. The van der Waals surface area contributed by atoms with Gasteiger partial charge in [0.25, 0.3) is 0 Å². The first-order valence-electron chi connectivity index (χ1n) is 12.3. The summed E-state index contributed by atoms with van der Waals surface area (Å²) in [5.74, 6) is -0.836. The normalized spacial score (nSPS) is 25.7. The fourth-order valence-corrected chi connectivity index (χ4v) is 6.57. The first-order valence-corrected chi connectivity index (χ1v) is 13.8. The van der Waals surface area contributed by atoms with Crippen LogP contribution in [0.15, 0.2) is 42.4 Å². The second-order valence-electron chi connectivity index (χ2n) is 10.1. The van der Waals surface area contributed by atoms with Crippen LogP contribution in [0.25, 0.3) is 6.08 Å². The number of likely N-dealkylation sites (tertiary alicyclic amines) is 1. The number of aromatic nitrogens is 1. The lowest BCUT2D eigenvalue weighted by atomic mass is 9.71. The fraction of sp³-hybridized carbons (Fsp3) is 0.615. The first kappa shape index (κ1) is 26.4. The Balaban J connectivity index is 1.64. The Kier molecular flexibility index (Phi) is 8.57. The van der Waals surface area contributed by atoms with Crippen molar-refractivity contribution in [1.82, 2.24) is 4.90 Å². The molecular weight excluding hydrogens is 452 g/mol. The highest BCUT2D eigenvalue weighted by Crippen LogP contribution is 2.53. The summed E-state index contributed by atoms with van der Waals surface area (Å²) in [6.07, 6.45) is 14.5. The Morgan fingerprint density at radius 2 is 1.91 bits per heavy atom. The van der Waals surface area contributed by atoms with Crippen LogP contribution in [0.1, 0.15) is 71.3 Å². The number of allylic oxidation sites excluding steroid dienone is 3. The Labute approximate surface area is 203 Å². The first-order chi connectivity index (χ1) is 16.0. The van der Waals surface area contributed by atoms with Crippen LogP contribution in [0.3, 0.4) is 0 Å². The number of nitrogens with zero attached hydrogens (tertiary/aromatic N) is 2. The van der Waals surface area contributed by atoms with Gasteiger partial charge in [0.15, 0.2) is 12.4 Å². The molecule has 2 aliphatic rings. The Bertz CT molecular complexity index is 1010. The van der Waals surface area contributed by atoms with Gasteiger partial charge in [-0.15, -0.1) is 0 Å². The second kappa shape index (κ2) is 11.0. The molecule has 188 valence electrons. The van der Waals surface area contributed by atoms with Crippen molar-refractivity contribution in [2.75, 3.05) is 6.54 Å². The number of carbonyl (C=O) groups is 1. The lowest BCUT2D eigenvalue weighted by Crippen LogP contribution is -2.41. The van der Waals surface area contributed by atoms with E-state index in [9.17, 15) is 22.9 Å². The van der Waals surface area contributed by atoms with Gasteiger partial charge in [-0.2, -0.15) is 0 Å². The van der Waals surface area contributed by atoms with Gasteiger partial charge in [-0.3, -0.25) is 0 Å². The number of carboxylic acid groups (broad SMARTS) is 1. The zero-order valence-electron chi connectivity index (χ0n) is 20.5. The molecule has 8 heteroatoms. The smallest absolute Gasteiger partial charge is 0.169 e. The molecule has 0 aromatic carbocycles. The number of unbranched alkanes of at least 4 members (excludes halogenated alkanes) is 2. The van der Waals surface area contributed by atoms with Gasteiger partial charge in [0.1, 0.15) is 6.54 Å². The van der Waals surface area contributed by atoms with Gasteiger partial charge in [0.2, 0.25) is 0 Å². The van der Waals surface area contributed by atoms with Gasteiger partial charge in [-0.1, -0.05) is 26.0 Å². The molecule has 2 fully saturated rings.